The minimum absolute atomic E-state index is 0.276. The summed E-state index contributed by atoms with van der Waals surface area (Å²) < 4.78 is 52.1. The van der Waals surface area contributed by atoms with Crippen LogP contribution in [0.1, 0.15) is 0 Å². The Bertz CT molecular complexity index is 606. The van der Waals surface area contributed by atoms with E-state index in [1.54, 1.807) is 0 Å². The lowest BCUT2D eigenvalue weighted by atomic mass is 10.3. The molecular formula is C10H4ClF4N3. The first-order valence-corrected chi connectivity index (χ1v) is 4.95. The molecule has 8 heteroatoms. The lowest BCUT2D eigenvalue weighted by Crippen LogP contribution is -2.02. The Labute approximate surface area is 103 Å². The van der Waals surface area contributed by atoms with Crippen LogP contribution in [-0.4, -0.2) is 9.97 Å². The van der Waals surface area contributed by atoms with Gasteiger partial charge in [-0.3, -0.25) is 0 Å². The fraction of sp³-hybridized carbons (Fsp3) is 0. The average Bonchev–Trinajstić information content (AvgIpc) is 2.30. The highest BCUT2D eigenvalue weighted by Gasteiger charge is 2.13. The molecule has 0 aliphatic carbocycles. The third-order valence-corrected chi connectivity index (χ3v) is 2.16. The Morgan fingerprint density at radius 1 is 0.944 bits per heavy atom. The lowest BCUT2D eigenvalue weighted by molar-refractivity contribution is 0.496. The Balaban J connectivity index is 2.40. The summed E-state index contributed by atoms with van der Waals surface area (Å²) in [7, 11) is 0. The number of anilines is 2. The minimum atomic E-state index is -1.35. The van der Waals surface area contributed by atoms with Crippen molar-refractivity contribution in [1.29, 1.82) is 0 Å². The molecule has 0 atom stereocenters. The molecular weight excluding hydrogens is 274 g/mol. The summed E-state index contributed by atoms with van der Waals surface area (Å²) in [6, 6.07) is 0.874. The van der Waals surface area contributed by atoms with Crippen molar-refractivity contribution in [3.05, 3.63) is 46.9 Å². The van der Waals surface area contributed by atoms with Gasteiger partial charge >= 0.3 is 0 Å². The molecule has 2 rings (SSSR count). The first-order valence-electron chi connectivity index (χ1n) is 4.57. The molecule has 0 saturated heterocycles. The van der Waals surface area contributed by atoms with Crippen molar-refractivity contribution < 1.29 is 17.6 Å². The maximum atomic E-state index is 13.3. The third kappa shape index (κ3) is 2.51. The number of hydrogen-bond acceptors (Lipinski definition) is 3. The number of hydrogen-bond donors (Lipinski definition) is 1. The van der Waals surface area contributed by atoms with Gasteiger partial charge < -0.3 is 5.32 Å². The van der Waals surface area contributed by atoms with Crippen LogP contribution in [0.5, 0.6) is 0 Å². The predicted molar refractivity (Wildman–Crippen MR) is 56.6 cm³/mol. The molecule has 3 nitrogen and oxygen atoms in total. The molecule has 0 bridgehead atoms. The lowest BCUT2D eigenvalue weighted by Gasteiger charge is -2.08. The normalized spacial score (nSPS) is 10.5. The maximum absolute atomic E-state index is 13.3. The van der Waals surface area contributed by atoms with E-state index in [4.69, 9.17) is 11.6 Å². The highest BCUT2D eigenvalue weighted by atomic mass is 35.5. The van der Waals surface area contributed by atoms with Gasteiger partial charge in [0.15, 0.2) is 23.3 Å². The summed E-state index contributed by atoms with van der Waals surface area (Å²) in [6.45, 7) is 0. The van der Waals surface area contributed by atoms with Crippen molar-refractivity contribution in [2.45, 2.75) is 0 Å². The number of nitrogens with zero attached hydrogens (tertiary/aromatic N) is 2. The van der Waals surface area contributed by atoms with Crippen LogP contribution in [0.4, 0.5) is 29.1 Å². The first-order chi connectivity index (χ1) is 8.47. The smallest absolute Gasteiger partial charge is 0.224 e. The van der Waals surface area contributed by atoms with E-state index in [-0.39, 0.29) is 5.28 Å². The number of nitrogens with one attached hydrogen (secondary N) is 1. The number of rotatable bonds is 2. The average molecular weight is 278 g/mol. The van der Waals surface area contributed by atoms with Crippen LogP contribution < -0.4 is 5.32 Å². The quantitative estimate of drug-likeness (QED) is 0.519. The molecule has 0 spiro atoms. The fourth-order valence-electron chi connectivity index (χ4n) is 1.18. The van der Waals surface area contributed by atoms with Gasteiger partial charge in [-0.2, -0.15) is 4.98 Å². The summed E-state index contributed by atoms with van der Waals surface area (Å²) in [5, 5.41) is 1.88. The number of benzene rings is 1. The van der Waals surface area contributed by atoms with Gasteiger partial charge in [-0.05, 0) is 11.6 Å². The van der Waals surface area contributed by atoms with Gasteiger partial charge in [-0.15, -0.1) is 0 Å². The van der Waals surface area contributed by atoms with E-state index in [9.17, 15) is 17.6 Å². The van der Waals surface area contributed by atoms with Gasteiger partial charge in [0.05, 0.1) is 11.9 Å². The van der Waals surface area contributed by atoms with Gasteiger partial charge in [0.2, 0.25) is 5.28 Å². The summed E-state index contributed by atoms with van der Waals surface area (Å²) in [5.74, 6) is -5.08. The van der Waals surface area contributed by atoms with E-state index in [0.717, 1.165) is 6.20 Å². The van der Waals surface area contributed by atoms with Crippen LogP contribution in [-0.2, 0) is 0 Å². The molecule has 0 unspecified atom stereocenters. The predicted octanol–water partition coefficient (Wildman–Crippen LogP) is 3.43. The zero-order valence-electron chi connectivity index (χ0n) is 8.52. The highest BCUT2D eigenvalue weighted by molar-refractivity contribution is 6.28. The van der Waals surface area contributed by atoms with E-state index >= 15 is 0 Å². The molecule has 0 aliphatic rings. The van der Waals surface area contributed by atoms with Crippen molar-refractivity contribution >= 4 is 23.1 Å². The summed E-state index contributed by atoms with van der Waals surface area (Å²) >= 11 is 5.42. The van der Waals surface area contributed by atoms with Crippen LogP contribution in [0.3, 0.4) is 0 Å². The van der Waals surface area contributed by atoms with E-state index in [1.807, 2.05) is 0 Å². The molecule has 1 aromatic heterocycles. The van der Waals surface area contributed by atoms with E-state index in [0.29, 0.717) is 12.1 Å². The van der Waals surface area contributed by atoms with Crippen LogP contribution in [0.2, 0.25) is 5.28 Å². The molecule has 1 N–H and O–H groups in total. The maximum Gasteiger partial charge on any atom is 0.224 e. The van der Waals surface area contributed by atoms with Gasteiger partial charge in [0, 0.05) is 12.1 Å². The van der Waals surface area contributed by atoms with Crippen molar-refractivity contribution in [3.8, 4) is 0 Å². The number of aromatic nitrogens is 2. The second-order valence-corrected chi connectivity index (χ2v) is 3.54. The van der Waals surface area contributed by atoms with Crippen molar-refractivity contribution in [2.24, 2.45) is 0 Å². The monoisotopic (exact) mass is 277 g/mol. The van der Waals surface area contributed by atoms with Gasteiger partial charge in [0.25, 0.3) is 0 Å². The Hall–Kier alpha value is -1.89. The Kier molecular flexibility index (Phi) is 3.33. The van der Waals surface area contributed by atoms with Crippen LogP contribution in [0.15, 0.2) is 18.3 Å². The van der Waals surface area contributed by atoms with Crippen LogP contribution in [0, 0.1) is 23.3 Å². The summed E-state index contributed by atoms with van der Waals surface area (Å²) in [4.78, 5) is 6.79. The Morgan fingerprint density at radius 2 is 1.61 bits per heavy atom. The van der Waals surface area contributed by atoms with Crippen molar-refractivity contribution in [3.63, 3.8) is 0 Å². The van der Waals surface area contributed by atoms with Gasteiger partial charge in [-0.1, -0.05) is 0 Å². The summed E-state index contributed by atoms with van der Waals surface area (Å²) in [5.41, 5.74) is -0.470. The largest absolute Gasteiger partial charge is 0.335 e. The van der Waals surface area contributed by atoms with E-state index < -0.39 is 34.8 Å². The van der Waals surface area contributed by atoms with Crippen molar-refractivity contribution in [2.75, 3.05) is 5.32 Å². The van der Waals surface area contributed by atoms with Crippen molar-refractivity contribution in [1.82, 2.24) is 9.97 Å². The minimum Gasteiger partial charge on any atom is -0.335 e. The van der Waals surface area contributed by atoms with Crippen LogP contribution in [0.25, 0.3) is 0 Å². The standard InChI is InChI=1S/C10H4ClF4N3/c11-10-16-3-7(15)9(18-10)17-8-2-5(13)4(12)1-6(8)14/h1-3H,(H,16,17,18). The topological polar surface area (TPSA) is 37.8 Å². The highest BCUT2D eigenvalue weighted by Crippen LogP contribution is 2.23. The number of halogens is 5. The molecule has 18 heavy (non-hydrogen) atoms. The molecule has 0 amide bonds. The second-order valence-electron chi connectivity index (χ2n) is 3.21. The van der Waals surface area contributed by atoms with E-state index in [1.165, 1.54) is 0 Å². The molecule has 1 heterocycles. The molecule has 0 radical (unpaired) electrons. The molecule has 0 saturated carbocycles. The molecule has 0 fully saturated rings. The third-order valence-electron chi connectivity index (χ3n) is 1.98. The second kappa shape index (κ2) is 4.77. The zero-order valence-corrected chi connectivity index (χ0v) is 9.27. The van der Waals surface area contributed by atoms with Crippen LogP contribution >= 0.6 is 11.6 Å². The molecule has 0 aliphatic heterocycles. The summed E-state index contributed by atoms with van der Waals surface area (Å²) in [6.07, 6.45) is 0.759. The Morgan fingerprint density at radius 3 is 2.33 bits per heavy atom. The fourth-order valence-corrected chi connectivity index (χ4v) is 1.31. The van der Waals surface area contributed by atoms with E-state index in [2.05, 4.69) is 15.3 Å². The van der Waals surface area contributed by atoms with Gasteiger partial charge in [0.1, 0.15) is 5.82 Å². The molecule has 94 valence electrons. The molecule has 2 aromatic rings. The van der Waals surface area contributed by atoms with Gasteiger partial charge in [-0.25, -0.2) is 22.5 Å². The first kappa shape index (κ1) is 12.6. The molecule has 1 aromatic carbocycles. The SMILES string of the molecule is Fc1cc(F)c(Nc2nc(Cl)ncc2F)cc1F. The zero-order chi connectivity index (χ0) is 13.3.